The Morgan fingerprint density at radius 1 is 1.07 bits per heavy atom. The van der Waals surface area contributed by atoms with Crippen molar-refractivity contribution in [1.29, 1.82) is 0 Å². The van der Waals surface area contributed by atoms with E-state index in [9.17, 15) is 4.79 Å². The number of aromatic nitrogens is 5. The predicted molar refractivity (Wildman–Crippen MR) is 113 cm³/mol. The zero-order valence-corrected chi connectivity index (χ0v) is 16.4. The maximum absolute atomic E-state index is 13.7. The molecule has 5 aromatic rings. The lowest BCUT2D eigenvalue weighted by Crippen LogP contribution is -2.24. The number of benzene rings is 2. The van der Waals surface area contributed by atoms with E-state index in [0.717, 1.165) is 35.0 Å². The summed E-state index contributed by atoms with van der Waals surface area (Å²) in [7, 11) is 0. The lowest BCUT2D eigenvalue weighted by molar-refractivity contribution is 0.380. The summed E-state index contributed by atoms with van der Waals surface area (Å²) in [5, 5.41) is 4.11. The van der Waals surface area contributed by atoms with Gasteiger partial charge in [0, 0.05) is 5.92 Å². The van der Waals surface area contributed by atoms with Crippen molar-refractivity contribution in [2.24, 2.45) is 0 Å². The first-order chi connectivity index (χ1) is 14.7. The van der Waals surface area contributed by atoms with Crippen LogP contribution in [0.15, 0.2) is 64.2 Å². The van der Waals surface area contributed by atoms with Crippen molar-refractivity contribution in [2.75, 3.05) is 0 Å². The number of fused-ring (bicyclic) bond motifs is 3. The average molecular weight is 397 g/mol. The number of para-hydroxylation sites is 2. The van der Waals surface area contributed by atoms with E-state index in [1.54, 1.807) is 10.9 Å². The van der Waals surface area contributed by atoms with Gasteiger partial charge in [0.1, 0.15) is 17.5 Å². The smallest absolute Gasteiger partial charge is 0.278 e. The molecule has 2 aromatic carbocycles. The van der Waals surface area contributed by atoms with Gasteiger partial charge in [-0.3, -0.25) is 9.20 Å². The van der Waals surface area contributed by atoms with Crippen molar-refractivity contribution in [3.8, 4) is 11.5 Å². The zero-order chi connectivity index (χ0) is 20.2. The van der Waals surface area contributed by atoms with E-state index >= 15 is 0 Å². The summed E-state index contributed by atoms with van der Waals surface area (Å²) in [6, 6.07) is 16.0. The van der Waals surface area contributed by atoms with Gasteiger partial charge in [0.15, 0.2) is 0 Å². The monoisotopic (exact) mass is 397 g/mol. The molecule has 7 heteroatoms. The molecule has 1 aliphatic rings. The van der Waals surface area contributed by atoms with Crippen LogP contribution in [0, 0.1) is 6.92 Å². The highest BCUT2D eigenvalue weighted by atomic mass is 16.5. The summed E-state index contributed by atoms with van der Waals surface area (Å²) < 4.78 is 9.04. The third-order valence-corrected chi connectivity index (χ3v) is 5.82. The molecule has 3 aromatic heterocycles. The minimum atomic E-state index is -0.123. The number of hydrogen-bond donors (Lipinski definition) is 0. The zero-order valence-electron chi connectivity index (χ0n) is 16.4. The molecule has 0 aliphatic heterocycles. The van der Waals surface area contributed by atoms with Crippen LogP contribution in [0.4, 0.5) is 0 Å². The van der Waals surface area contributed by atoms with Crippen molar-refractivity contribution < 1.29 is 4.52 Å². The van der Waals surface area contributed by atoms with Crippen LogP contribution in [0.2, 0.25) is 0 Å². The Labute approximate surface area is 171 Å². The Bertz CT molecular complexity index is 1470. The van der Waals surface area contributed by atoms with Crippen LogP contribution in [0.3, 0.4) is 0 Å². The largest absolute Gasteiger partial charge is 0.339 e. The summed E-state index contributed by atoms with van der Waals surface area (Å²) in [5.74, 6) is 1.35. The Morgan fingerprint density at radius 3 is 2.63 bits per heavy atom. The third kappa shape index (κ3) is 2.58. The van der Waals surface area contributed by atoms with Crippen LogP contribution in [-0.4, -0.2) is 24.1 Å². The van der Waals surface area contributed by atoms with Crippen LogP contribution in [0.25, 0.3) is 28.1 Å². The first-order valence-corrected chi connectivity index (χ1v) is 10.1. The van der Waals surface area contributed by atoms with E-state index in [1.807, 2.05) is 40.8 Å². The first kappa shape index (κ1) is 17.1. The second-order valence-corrected chi connectivity index (χ2v) is 7.85. The lowest BCUT2D eigenvalue weighted by Gasteiger charge is -2.14. The van der Waals surface area contributed by atoms with E-state index in [2.05, 4.69) is 34.2 Å². The number of hydrogen-bond acceptors (Lipinski definition) is 5. The summed E-state index contributed by atoms with van der Waals surface area (Å²) >= 11 is 0. The molecule has 1 saturated carbocycles. The predicted octanol–water partition coefficient (Wildman–Crippen LogP) is 3.93. The van der Waals surface area contributed by atoms with Crippen LogP contribution < -0.4 is 5.56 Å². The average Bonchev–Trinajstić information content (AvgIpc) is 3.32. The minimum Gasteiger partial charge on any atom is -0.339 e. The van der Waals surface area contributed by atoms with Crippen molar-refractivity contribution >= 4 is 16.6 Å². The van der Waals surface area contributed by atoms with Gasteiger partial charge in [-0.1, -0.05) is 41.6 Å². The van der Waals surface area contributed by atoms with Gasteiger partial charge in [-0.05, 0) is 43.0 Å². The molecule has 0 atom stereocenters. The van der Waals surface area contributed by atoms with E-state index in [0.29, 0.717) is 35.4 Å². The van der Waals surface area contributed by atoms with Gasteiger partial charge < -0.3 is 9.09 Å². The fraction of sp³-hybridized carbons (Fsp3) is 0.217. The van der Waals surface area contributed by atoms with Crippen molar-refractivity contribution in [1.82, 2.24) is 24.1 Å². The van der Waals surface area contributed by atoms with Gasteiger partial charge in [-0.2, -0.15) is 4.98 Å². The van der Waals surface area contributed by atoms with Crippen LogP contribution in [-0.2, 0) is 6.54 Å². The van der Waals surface area contributed by atoms with Gasteiger partial charge >= 0.3 is 0 Å². The van der Waals surface area contributed by atoms with E-state index in [1.165, 1.54) is 0 Å². The minimum absolute atomic E-state index is 0.123. The van der Waals surface area contributed by atoms with Gasteiger partial charge in [0.2, 0.25) is 11.7 Å². The second kappa shape index (κ2) is 6.38. The number of aryl methyl sites for hydroxylation is 1. The molecule has 0 spiro atoms. The molecule has 1 fully saturated rings. The normalized spacial score (nSPS) is 14.0. The fourth-order valence-electron chi connectivity index (χ4n) is 3.97. The second-order valence-electron chi connectivity index (χ2n) is 7.85. The molecule has 0 saturated heterocycles. The number of imidazole rings is 1. The van der Waals surface area contributed by atoms with Gasteiger partial charge in [0.25, 0.3) is 5.56 Å². The molecule has 0 unspecified atom stereocenters. The lowest BCUT2D eigenvalue weighted by atomic mass is 10.1. The van der Waals surface area contributed by atoms with Gasteiger partial charge in [-0.15, -0.1) is 0 Å². The van der Waals surface area contributed by atoms with Gasteiger partial charge in [-0.25, -0.2) is 4.98 Å². The Balaban J connectivity index is 1.61. The standard InChI is InChI=1S/C23H19N5O2/c1-14-6-2-3-7-16(14)12-27-17-8-4-5-9-18(17)28-13-24-19(20(28)23(27)29)21-25-22(30-26-21)15-10-11-15/h2-9,13,15H,10-12H2,1H3. The molecule has 0 amide bonds. The molecule has 1 aliphatic carbocycles. The molecule has 3 heterocycles. The van der Waals surface area contributed by atoms with E-state index in [4.69, 9.17) is 4.52 Å². The Kier molecular flexibility index (Phi) is 3.65. The molecule has 6 rings (SSSR count). The quantitative estimate of drug-likeness (QED) is 0.459. The molecule has 0 N–H and O–H groups in total. The van der Waals surface area contributed by atoms with Gasteiger partial charge in [0.05, 0.1) is 17.6 Å². The Hall–Kier alpha value is -3.74. The number of nitrogens with zero attached hydrogens (tertiary/aromatic N) is 5. The molecular formula is C23H19N5O2. The molecular weight excluding hydrogens is 378 g/mol. The molecule has 30 heavy (non-hydrogen) atoms. The van der Waals surface area contributed by atoms with Crippen LogP contribution in [0.1, 0.15) is 35.8 Å². The number of rotatable bonds is 4. The molecule has 7 nitrogen and oxygen atoms in total. The highest BCUT2D eigenvalue weighted by molar-refractivity contribution is 5.83. The summed E-state index contributed by atoms with van der Waals surface area (Å²) in [4.78, 5) is 22.7. The SMILES string of the molecule is Cc1ccccc1Cn1c(=O)c2c(-c3noc(C4CC4)n3)ncn2c2ccccc21. The third-order valence-electron chi connectivity index (χ3n) is 5.82. The molecule has 148 valence electrons. The maximum atomic E-state index is 13.7. The van der Waals surface area contributed by atoms with Crippen molar-refractivity contribution in [2.45, 2.75) is 32.2 Å². The molecule has 0 bridgehead atoms. The molecule has 0 radical (unpaired) electrons. The van der Waals surface area contributed by atoms with E-state index < -0.39 is 0 Å². The summed E-state index contributed by atoms with van der Waals surface area (Å²) in [6.07, 6.45) is 3.80. The summed E-state index contributed by atoms with van der Waals surface area (Å²) in [6.45, 7) is 2.54. The summed E-state index contributed by atoms with van der Waals surface area (Å²) in [5.41, 5.74) is 4.81. The Morgan fingerprint density at radius 2 is 1.83 bits per heavy atom. The van der Waals surface area contributed by atoms with E-state index in [-0.39, 0.29) is 5.56 Å². The highest BCUT2D eigenvalue weighted by Gasteiger charge is 2.30. The van der Waals surface area contributed by atoms with Crippen molar-refractivity contribution in [3.05, 3.63) is 82.2 Å². The van der Waals surface area contributed by atoms with Crippen molar-refractivity contribution in [3.63, 3.8) is 0 Å². The highest BCUT2D eigenvalue weighted by Crippen LogP contribution is 2.39. The fourth-order valence-corrected chi connectivity index (χ4v) is 3.97. The topological polar surface area (TPSA) is 78.2 Å². The van der Waals surface area contributed by atoms with Crippen LogP contribution >= 0.6 is 0 Å². The first-order valence-electron chi connectivity index (χ1n) is 10.1. The van der Waals surface area contributed by atoms with Crippen LogP contribution in [0.5, 0.6) is 0 Å². The maximum Gasteiger partial charge on any atom is 0.278 e.